The molecule has 2 N–H and O–H groups in total. The Morgan fingerprint density at radius 1 is 0.568 bits per heavy atom. The van der Waals surface area contributed by atoms with Crippen molar-refractivity contribution in [2.24, 2.45) is 0 Å². The molecule has 0 heterocycles. The normalized spacial score (nSPS) is 10.6. The van der Waals surface area contributed by atoms with Gasteiger partial charge in [0.2, 0.25) is 0 Å². The van der Waals surface area contributed by atoms with Crippen molar-refractivity contribution in [3.8, 4) is 0 Å². The molecular formula is C28H20F4N2O2Ti. The first-order valence-electron chi connectivity index (χ1n) is 11.1. The summed E-state index contributed by atoms with van der Waals surface area (Å²) < 4.78 is 58.7. The zero-order valence-corrected chi connectivity index (χ0v) is 21.3. The third-order valence-electron chi connectivity index (χ3n) is 5.56. The molecule has 0 unspecified atom stereocenters. The zero-order valence-electron chi connectivity index (χ0n) is 19.8. The number of halogens is 4. The summed E-state index contributed by atoms with van der Waals surface area (Å²) in [6.45, 7) is 3.69. The molecule has 0 radical (unpaired) electrons. The van der Waals surface area contributed by atoms with Crippen molar-refractivity contribution >= 4 is 30.9 Å². The molecule has 0 bridgehead atoms. The molecule has 0 aromatic heterocycles. The van der Waals surface area contributed by atoms with Crippen LogP contribution in [0, 0.1) is 37.1 Å². The van der Waals surface area contributed by atoms with Crippen molar-refractivity contribution in [2.45, 2.75) is 13.8 Å². The Morgan fingerprint density at radius 3 is 1.27 bits per heavy atom. The van der Waals surface area contributed by atoms with Crippen molar-refractivity contribution in [2.75, 3.05) is 10.6 Å². The Balaban J connectivity index is 1.60. The SMILES string of the molecule is Cc1ccc(C(=O)Nc2ccc(F)[c]([Ti][c]3c(F)ccc(NC(=O)c4ccc(C)cc4)c3F)c2F)cc1. The van der Waals surface area contributed by atoms with Crippen molar-refractivity contribution in [1.29, 1.82) is 0 Å². The Labute approximate surface area is 219 Å². The Hall–Kier alpha value is -3.75. The number of nitrogens with one attached hydrogen (secondary N) is 2. The molecule has 0 aliphatic carbocycles. The van der Waals surface area contributed by atoms with E-state index in [2.05, 4.69) is 10.6 Å². The molecule has 0 aliphatic rings. The first-order chi connectivity index (χ1) is 17.6. The summed E-state index contributed by atoms with van der Waals surface area (Å²) in [6, 6.07) is 17.1. The Morgan fingerprint density at radius 2 is 0.919 bits per heavy atom. The molecule has 4 rings (SSSR count). The number of rotatable bonds is 6. The van der Waals surface area contributed by atoms with Crippen LogP contribution in [-0.4, -0.2) is 11.8 Å². The van der Waals surface area contributed by atoms with Gasteiger partial charge in [-0.15, -0.1) is 0 Å². The van der Waals surface area contributed by atoms with Gasteiger partial charge in [0.15, 0.2) is 0 Å². The number of carbonyl (C=O) groups excluding carboxylic acids is 2. The predicted molar refractivity (Wildman–Crippen MR) is 130 cm³/mol. The molecule has 4 nitrogen and oxygen atoms in total. The van der Waals surface area contributed by atoms with Gasteiger partial charge in [0.1, 0.15) is 0 Å². The minimum atomic E-state index is -2.24. The van der Waals surface area contributed by atoms with Crippen LogP contribution >= 0.6 is 0 Å². The summed E-state index contributed by atoms with van der Waals surface area (Å²) in [5.74, 6) is -5.41. The Bertz CT molecular complexity index is 1380. The fraction of sp³-hybridized carbons (Fsp3) is 0.0714. The van der Waals surface area contributed by atoms with Gasteiger partial charge >= 0.3 is 220 Å². The number of amides is 2. The molecule has 0 spiro atoms. The van der Waals surface area contributed by atoms with Gasteiger partial charge in [0.25, 0.3) is 0 Å². The average molecular weight is 540 g/mol. The number of hydrogen-bond donors (Lipinski definition) is 2. The van der Waals surface area contributed by atoms with Gasteiger partial charge in [-0.25, -0.2) is 0 Å². The van der Waals surface area contributed by atoms with Crippen LogP contribution in [0.1, 0.15) is 31.8 Å². The minimum absolute atomic E-state index is 0.265. The van der Waals surface area contributed by atoms with Crippen LogP contribution in [-0.2, 0) is 19.2 Å². The quantitative estimate of drug-likeness (QED) is 0.254. The number of hydrogen-bond acceptors (Lipinski definition) is 2. The zero-order chi connectivity index (χ0) is 26.7. The summed E-state index contributed by atoms with van der Waals surface area (Å²) in [6.07, 6.45) is 0. The summed E-state index contributed by atoms with van der Waals surface area (Å²) in [5.41, 5.74) is 1.77. The molecule has 0 saturated heterocycles. The molecule has 2 amide bonds. The second kappa shape index (κ2) is 11.1. The number of aryl methyl sites for hydroxylation is 2. The maximum absolute atomic E-state index is 15.2. The topological polar surface area (TPSA) is 58.2 Å². The van der Waals surface area contributed by atoms with Crippen LogP contribution in [0.5, 0.6) is 0 Å². The van der Waals surface area contributed by atoms with Crippen molar-refractivity contribution in [3.05, 3.63) is 118 Å². The van der Waals surface area contributed by atoms with E-state index in [1.165, 1.54) is 0 Å². The standard InChI is InChI=1S/2C14H10F2NO.Ti/c2*1-9-2-4-10(5-3-9)14(18)17-13-7-6-11(15)8-12(13)16;/h2*2-7H,1H3,(H,17,18);. The van der Waals surface area contributed by atoms with E-state index in [1.54, 1.807) is 48.5 Å². The van der Waals surface area contributed by atoms with Crippen LogP contribution < -0.4 is 18.4 Å². The number of anilines is 2. The van der Waals surface area contributed by atoms with Gasteiger partial charge in [0.05, 0.1) is 0 Å². The summed E-state index contributed by atoms with van der Waals surface area (Å²) in [7, 11) is 0. The van der Waals surface area contributed by atoms with Crippen LogP contribution in [0.15, 0.2) is 72.8 Å². The molecule has 37 heavy (non-hydrogen) atoms. The molecular weight excluding hydrogens is 520 g/mol. The third-order valence-corrected chi connectivity index (χ3v) is 7.77. The molecule has 4 aromatic carbocycles. The van der Waals surface area contributed by atoms with Gasteiger partial charge in [-0.1, -0.05) is 0 Å². The van der Waals surface area contributed by atoms with Gasteiger partial charge in [-0.2, -0.15) is 0 Å². The summed E-state index contributed by atoms with van der Waals surface area (Å²) in [4.78, 5) is 25.0. The molecule has 0 atom stereocenters. The van der Waals surface area contributed by atoms with E-state index < -0.39 is 62.0 Å². The van der Waals surface area contributed by atoms with Crippen LogP contribution in [0.4, 0.5) is 28.9 Å². The van der Waals surface area contributed by atoms with Crippen LogP contribution in [0.3, 0.4) is 0 Å². The van der Waals surface area contributed by atoms with Crippen molar-refractivity contribution in [1.82, 2.24) is 0 Å². The fourth-order valence-corrected chi connectivity index (χ4v) is 5.24. The predicted octanol–water partition coefficient (Wildman–Crippen LogP) is 5.40. The summed E-state index contributed by atoms with van der Waals surface area (Å²) >= 11 is -2.24. The average Bonchev–Trinajstić information content (AvgIpc) is 2.87. The molecule has 186 valence electrons. The first kappa shape index (κ1) is 26.3. The molecule has 0 aliphatic heterocycles. The van der Waals surface area contributed by atoms with Crippen molar-refractivity contribution in [3.63, 3.8) is 0 Å². The van der Waals surface area contributed by atoms with E-state index >= 15 is 8.78 Å². The second-order valence-corrected chi connectivity index (χ2v) is 10.3. The van der Waals surface area contributed by atoms with Crippen LogP contribution in [0.2, 0.25) is 0 Å². The molecule has 4 aromatic rings. The van der Waals surface area contributed by atoms with E-state index in [-0.39, 0.29) is 22.5 Å². The van der Waals surface area contributed by atoms with Crippen LogP contribution in [0.25, 0.3) is 0 Å². The Kier molecular flexibility index (Phi) is 7.90. The van der Waals surface area contributed by atoms with E-state index in [9.17, 15) is 18.4 Å². The van der Waals surface area contributed by atoms with Gasteiger partial charge < -0.3 is 0 Å². The maximum atomic E-state index is 15.2. The van der Waals surface area contributed by atoms with Crippen molar-refractivity contribution < 1.29 is 46.3 Å². The van der Waals surface area contributed by atoms with E-state index in [1.807, 2.05) is 13.8 Å². The summed E-state index contributed by atoms with van der Waals surface area (Å²) in [5, 5.41) is 4.77. The fourth-order valence-electron chi connectivity index (χ4n) is 3.45. The number of benzene rings is 4. The molecule has 0 fully saturated rings. The molecule has 9 heteroatoms. The van der Waals surface area contributed by atoms with Gasteiger partial charge in [-0.05, 0) is 0 Å². The third kappa shape index (κ3) is 5.98. The van der Waals surface area contributed by atoms with Gasteiger partial charge in [-0.3, -0.25) is 0 Å². The van der Waals surface area contributed by atoms with E-state index in [0.29, 0.717) is 0 Å². The molecule has 0 saturated carbocycles. The van der Waals surface area contributed by atoms with Gasteiger partial charge in [0, 0.05) is 0 Å². The first-order valence-corrected chi connectivity index (χ1v) is 12.7. The van der Waals surface area contributed by atoms with E-state index in [4.69, 9.17) is 0 Å². The van der Waals surface area contributed by atoms with E-state index in [0.717, 1.165) is 35.4 Å². The monoisotopic (exact) mass is 540 g/mol. The second-order valence-electron chi connectivity index (χ2n) is 8.33. The number of carbonyl (C=O) groups is 2.